The van der Waals surface area contributed by atoms with Gasteiger partial charge in [0.15, 0.2) is 0 Å². The van der Waals surface area contributed by atoms with Crippen molar-refractivity contribution in [2.24, 2.45) is 5.41 Å². The van der Waals surface area contributed by atoms with E-state index in [2.05, 4.69) is 4.72 Å². The van der Waals surface area contributed by atoms with Crippen LogP contribution in [0, 0.1) is 5.41 Å². The number of carbonyl (C=O) groups excluding carboxylic acids is 1. The van der Waals surface area contributed by atoms with Crippen LogP contribution < -0.4 is 19.1 Å². The van der Waals surface area contributed by atoms with Crippen LogP contribution >= 0.6 is 0 Å². The zero-order valence-electron chi connectivity index (χ0n) is 17.3. The van der Waals surface area contributed by atoms with Crippen LogP contribution in [0.3, 0.4) is 0 Å². The van der Waals surface area contributed by atoms with Crippen LogP contribution in [-0.2, 0) is 21.2 Å². The lowest BCUT2D eigenvalue weighted by Crippen LogP contribution is -2.39. The summed E-state index contributed by atoms with van der Waals surface area (Å²) in [6, 6.07) is 9.97. The standard InChI is InChI=1S/C21H26N2O5S/c1-6-14-7-10-17(27-5)19(11-14)29(25,26)22-15-8-9-16-18(12-15)28-13-21(2,3)20(24)23(16)4/h7-12,22H,6,13H2,1-5H3. The summed E-state index contributed by atoms with van der Waals surface area (Å²) < 4.78 is 39.7. The Hall–Kier alpha value is -2.74. The highest BCUT2D eigenvalue weighted by Crippen LogP contribution is 2.38. The first kappa shape index (κ1) is 21.0. The normalized spacial score (nSPS) is 15.9. The first-order valence-electron chi connectivity index (χ1n) is 9.34. The number of carbonyl (C=O) groups is 1. The number of hydrogen-bond donors (Lipinski definition) is 1. The predicted octanol–water partition coefficient (Wildman–Crippen LogP) is 3.44. The van der Waals surface area contributed by atoms with E-state index >= 15 is 0 Å². The molecule has 0 spiro atoms. The summed E-state index contributed by atoms with van der Waals surface area (Å²) in [4.78, 5) is 14.2. The molecule has 2 aromatic carbocycles. The molecular formula is C21H26N2O5S. The van der Waals surface area contributed by atoms with Gasteiger partial charge in [0.2, 0.25) is 5.91 Å². The van der Waals surface area contributed by atoms with Gasteiger partial charge in [-0.05, 0) is 50.1 Å². The Bertz CT molecular complexity index is 1050. The summed E-state index contributed by atoms with van der Waals surface area (Å²) in [5.41, 5.74) is 1.14. The molecule has 0 aromatic heterocycles. The third kappa shape index (κ3) is 4.03. The average Bonchev–Trinajstić information content (AvgIpc) is 2.77. The molecule has 1 aliphatic heterocycles. The number of methoxy groups -OCH3 is 1. The van der Waals surface area contributed by atoms with E-state index in [1.165, 1.54) is 12.0 Å². The van der Waals surface area contributed by atoms with E-state index < -0.39 is 15.4 Å². The molecule has 0 saturated carbocycles. The molecule has 1 aliphatic rings. The van der Waals surface area contributed by atoms with Crippen molar-refractivity contribution in [3.63, 3.8) is 0 Å². The van der Waals surface area contributed by atoms with E-state index in [0.717, 1.165) is 5.56 Å². The molecule has 156 valence electrons. The van der Waals surface area contributed by atoms with E-state index in [1.807, 2.05) is 26.8 Å². The molecule has 0 saturated heterocycles. The smallest absolute Gasteiger partial charge is 0.265 e. The van der Waals surface area contributed by atoms with Gasteiger partial charge in [0.1, 0.15) is 23.0 Å². The number of nitrogens with zero attached hydrogens (tertiary/aromatic N) is 1. The number of hydrogen-bond acceptors (Lipinski definition) is 5. The van der Waals surface area contributed by atoms with Gasteiger partial charge < -0.3 is 14.4 Å². The van der Waals surface area contributed by atoms with Crippen LogP contribution in [0.5, 0.6) is 11.5 Å². The minimum Gasteiger partial charge on any atom is -0.495 e. The number of aryl methyl sites for hydroxylation is 1. The Morgan fingerprint density at radius 1 is 1.21 bits per heavy atom. The number of benzene rings is 2. The van der Waals surface area contributed by atoms with Gasteiger partial charge >= 0.3 is 0 Å². The van der Waals surface area contributed by atoms with Gasteiger partial charge in [0.05, 0.1) is 23.9 Å². The van der Waals surface area contributed by atoms with Crippen molar-refractivity contribution in [1.82, 2.24) is 0 Å². The first-order valence-corrected chi connectivity index (χ1v) is 10.8. The van der Waals surface area contributed by atoms with Crippen molar-refractivity contribution in [2.45, 2.75) is 32.1 Å². The van der Waals surface area contributed by atoms with Gasteiger partial charge in [-0.25, -0.2) is 8.42 Å². The summed E-state index contributed by atoms with van der Waals surface area (Å²) in [5, 5.41) is 0. The number of amides is 1. The molecule has 7 nitrogen and oxygen atoms in total. The molecule has 1 N–H and O–H groups in total. The zero-order chi connectivity index (χ0) is 21.4. The monoisotopic (exact) mass is 418 g/mol. The second kappa shape index (κ2) is 7.59. The summed E-state index contributed by atoms with van der Waals surface area (Å²) in [5.74, 6) is 0.652. The molecule has 0 unspecified atom stereocenters. The molecule has 0 radical (unpaired) electrons. The molecule has 0 fully saturated rings. The second-order valence-corrected chi connectivity index (χ2v) is 9.31. The maximum Gasteiger partial charge on any atom is 0.265 e. The number of fused-ring (bicyclic) bond motifs is 1. The second-order valence-electron chi connectivity index (χ2n) is 7.66. The van der Waals surface area contributed by atoms with Crippen LogP contribution in [0.4, 0.5) is 11.4 Å². The SMILES string of the molecule is CCc1ccc(OC)c(S(=O)(=O)Nc2ccc3c(c2)OCC(C)(C)C(=O)N3C)c1. The molecule has 29 heavy (non-hydrogen) atoms. The minimum atomic E-state index is -3.88. The molecule has 2 aromatic rings. The maximum absolute atomic E-state index is 13.0. The van der Waals surface area contributed by atoms with Crippen LogP contribution in [0.15, 0.2) is 41.3 Å². The number of rotatable bonds is 5. The summed E-state index contributed by atoms with van der Waals surface area (Å²) in [6.45, 7) is 5.78. The topological polar surface area (TPSA) is 84.9 Å². The van der Waals surface area contributed by atoms with Crippen LogP contribution in [-0.4, -0.2) is 35.1 Å². The Labute approximate surface area is 171 Å². The highest BCUT2D eigenvalue weighted by molar-refractivity contribution is 7.92. The van der Waals surface area contributed by atoms with Crippen molar-refractivity contribution >= 4 is 27.3 Å². The Morgan fingerprint density at radius 3 is 2.59 bits per heavy atom. The van der Waals surface area contributed by atoms with Crippen molar-refractivity contribution in [3.8, 4) is 11.5 Å². The quantitative estimate of drug-likeness (QED) is 0.804. The van der Waals surface area contributed by atoms with Gasteiger partial charge in [-0.15, -0.1) is 0 Å². The van der Waals surface area contributed by atoms with Gasteiger partial charge in [-0.3, -0.25) is 9.52 Å². The highest BCUT2D eigenvalue weighted by Gasteiger charge is 2.36. The van der Waals surface area contributed by atoms with Gasteiger partial charge in [-0.1, -0.05) is 13.0 Å². The van der Waals surface area contributed by atoms with Crippen molar-refractivity contribution in [3.05, 3.63) is 42.0 Å². The fourth-order valence-electron chi connectivity index (χ4n) is 3.21. The first-order chi connectivity index (χ1) is 13.6. The number of anilines is 2. The van der Waals surface area contributed by atoms with Gasteiger partial charge in [-0.2, -0.15) is 0 Å². The third-order valence-corrected chi connectivity index (χ3v) is 6.37. The lowest BCUT2D eigenvalue weighted by Gasteiger charge is -2.24. The third-order valence-electron chi connectivity index (χ3n) is 4.97. The van der Waals surface area contributed by atoms with Gasteiger partial charge in [0.25, 0.3) is 10.0 Å². The predicted molar refractivity (Wildman–Crippen MR) is 112 cm³/mol. The Balaban J connectivity index is 1.96. The van der Waals surface area contributed by atoms with Crippen LogP contribution in [0.25, 0.3) is 0 Å². The Kier molecular flexibility index (Phi) is 5.49. The van der Waals surface area contributed by atoms with E-state index in [9.17, 15) is 13.2 Å². The number of ether oxygens (including phenoxy) is 2. The summed E-state index contributed by atoms with van der Waals surface area (Å²) in [6.07, 6.45) is 0.704. The van der Waals surface area contributed by atoms with Crippen molar-refractivity contribution in [2.75, 3.05) is 30.4 Å². The molecule has 0 bridgehead atoms. The highest BCUT2D eigenvalue weighted by atomic mass is 32.2. The van der Waals surface area contributed by atoms with E-state index in [1.54, 1.807) is 37.4 Å². The molecule has 8 heteroatoms. The lowest BCUT2D eigenvalue weighted by atomic mass is 9.93. The zero-order valence-corrected chi connectivity index (χ0v) is 18.1. The molecule has 0 aliphatic carbocycles. The fourth-order valence-corrected chi connectivity index (χ4v) is 4.48. The average molecular weight is 419 g/mol. The largest absolute Gasteiger partial charge is 0.495 e. The molecule has 0 atom stereocenters. The van der Waals surface area contributed by atoms with E-state index in [4.69, 9.17) is 9.47 Å². The van der Waals surface area contributed by atoms with Crippen molar-refractivity contribution < 1.29 is 22.7 Å². The molecular weight excluding hydrogens is 392 g/mol. The molecule has 3 rings (SSSR count). The van der Waals surface area contributed by atoms with Crippen LogP contribution in [0.1, 0.15) is 26.3 Å². The summed E-state index contributed by atoms with van der Waals surface area (Å²) in [7, 11) is -0.764. The van der Waals surface area contributed by atoms with Crippen molar-refractivity contribution in [1.29, 1.82) is 0 Å². The number of sulfonamides is 1. The maximum atomic E-state index is 13.0. The van der Waals surface area contributed by atoms with Crippen LogP contribution in [0.2, 0.25) is 0 Å². The number of nitrogens with one attached hydrogen (secondary N) is 1. The fraction of sp³-hybridized carbons (Fsp3) is 0.381. The Morgan fingerprint density at radius 2 is 1.93 bits per heavy atom. The molecule has 1 heterocycles. The minimum absolute atomic E-state index is 0.0642. The van der Waals surface area contributed by atoms with Gasteiger partial charge in [0, 0.05) is 13.1 Å². The molecule has 1 amide bonds. The van der Waals surface area contributed by atoms with E-state index in [-0.39, 0.29) is 23.2 Å². The summed E-state index contributed by atoms with van der Waals surface area (Å²) >= 11 is 0. The van der Waals surface area contributed by atoms with E-state index in [0.29, 0.717) is 23.5 Å². The lowest BCUT2D eigenvalue weighted by molar-refractivity contribution is -0.127.